The van der Waals surface area contributed by atoms with Crippen molar-refractivity contribution in [2.45, 2.75) is 51.6 Å². The summed E-state index contributed by atoms with van der Waals surface area (Å²) in [6.45, 7) is 3.79. The summed E-state index contributed by atoms with van der Waals surface area (Å²) >= 11 is 5.62. The van der Waals surface area contributed by atoms with Crippen LogP contribution in [0.3, 0.4) is 0 Å². The lowest BCUT2D eigenvalue weighted by Gasteiger charge is -2.30. The predicted molar refractivity (Wildman–Crippen MR) is 98.2 cm³/mol. The lowest BCUT2D eigenvalue weighted by molar-refractivity contribution is 0.352. The molecule has 0 amide bonds. The maximum absolute atomic E-state index is 5.62. The van der Waals surface area contributed by atoms with Crippen molar-refractivity contribution in [1.29, 1.82) is 0 Å². The highest BCUT2D eigenvalue weighted by Gasteiger charge is 2.17. The molecule has 4 nitrogen and oxygen atoms in total. The first-order valence-corrected chi connectivity index (χ1v) is 8.85. The van der Waals surface area contributed by atoms with E-state index >= 15 is 0 Å². The van der Waals surface area contributed by atoms with Crippen LogP contribution in [0.5, 0.6) is 11.5 Å². The monoisotopic (exact) mass is 336 g/mol. The first-order chi connectivity index (χ1) is 11.2. The molecule has 5 heteroatoms. The van der Waals surface area contributed by atoms with Crippen LogP contribution in [0.25, 0.3) is 0 Å². The largest absolute Gasteiger partial charge is 0.493 e. The van der Waals surface area contributed by atoms with Crippen molar-refractivity contribution in [3.05, 3.63) is 23.8 Å². The van der Waals surface area contributed by atoms with E-state index in [0.29, 0.717) is 6.04 Å². The molecule has 1 saturated carbocycles. The van der Waals surface area contributed by atoms with Gasteiger partial charge in [0.15, 0.2) is 16.6 Å². The fourth-order valence-electron chi connectivity index (χ4n) is 3.04. The minimum Gasteiger partial charge on any atom is -0.493 e. The maximum Gasteiger partial charge on any atom is 0.169 e. The van der Waals surface area contributed by atoms with Gasteiger partial charge in [0, 0.05) is 19.1 Å². The Balaban J connectivity index is 1.99. The molecule has 1 aliphatic carbocycles. The van der Waals surface area contributed by atoms with Gasteiger partial charge in [-0.15, -0.1) is 0 Å². The fourth-order valence-corrected chi connectivity index (χ4v) is 3.40. The number of nitrogens with zero attached hydrogens (tertiary/aromatic N) is 1. The van der Waals surface area contributed by atoms with Crippen LogP contribution in [0.15, 0.2) is 18.2 Å². The van der Waals surface area contributed by atoms with Crippen molar-refractivity contribution in [3.63, 3.8) is 0 Å². The number of hydrogen-bond acceptors (Lipinski definition) is 3. The molecule has 0 saturated heterocycles. The average Bonchev–Trinajstić information content (AvgIpc) is 2.60. The van der Waals surface area contributed by atoms with Gasteiger partial charge in [0.05, 0.1) is 14.2 Å². The summed E-state index contributed by atoms with van der Waals surface area (Å²) in [5.41, 5.74) is 1.16. The molecule has 1 N–H and O–H groups in total. The minimum atomic E-state index is 0.538. The summed E-state index contributed by atoms with van der Waals surface area (Å²) in [7, 11) is 3.31. The smallest absolute Gasteiger partial charge is 0.169 e. The molecule has 0 unspecified atom stereocenters. The van der Waals surface area contributed by atoms with Crippen molar-refractivity contribution in [2.24, 2.45) is 0 Å². The molecule has 0 aromatic heterocycles. The Hall–Kier alpha value is -1.49. The summed E-state index contributed by atoms with van der Waals surface area (Å²) < 4.78 is 10.7. The second-order valence-corrected chi connectivity index (χ2v) is 6.37. The van der Waals surface area contributed by atoms with Crippen molar-refractivity contribution in [3.8, 4) is 11.5 Å². The van der Waals surface area contributed by atoms with Crippen molar-refractivity contribution >= 4 is 17.3 Å². The molecular weight excluding hydrogens is 308 g/mol. The van der Waals surface area contributed by atoms with Crippen LogP contribution in [0.1, 0.15) is 44.6 Å². The molecule has 0 bridgehead atoms. The molecular formula is C18H28N2O2S. The fraction of sp³-hybridized carbons (Fsp3) is 0.611. The third-order valence-corrected chi connectivity index (χ3v) is 4.80. The van der Waals surface area contributed by atoms with Gasteiger partial charge in [-0.1, -0.05) is 25.3 Å². The zero-order valence-electron chi connectivity index (χ0n) is 14.4. The molecule has 0 heterocycles. The Bertz CT molecular complexity index is 516. The summed E-state index contributed by atoms with van der Waals surface area (Å²) in [5, 5.41) is 4.40. The van der Waals surface area contributed by atoms with Crippen molar-refractivity contribution < 1.29 is 9.47 Å². The second kappa shape index (κ2) is 8.96. The van der Waals surface area contributed by atoms with E-state index in [0.717, 1.165) is 35.3 Å². The lowest BCUT2D eigenvalue weighted by atomic mass is 9.96. The molecule has 1 fully saturated rings. The van der Waals surface area contributed by atoms with Gasteiger partial charge < -0.3 is 19.7 Å². The number of benzene rings is 1. The molecule has 0 aliphatic heterocycles. The summed E-state index contributed by atoms with van der Waals surface area (Å²) in [4.78, 5) is 2.20. The summed E-state index contributed by atoms with van der Waals surface area (Å²) in [6.07, 6.45) is 6.43. The Labute approximate surface area is 145 Å². The van der Waals surface area contributed by atoms with Gasteiger partial charge in [0.2, 0.25) is 0 Å². The van der Waals surface area contributed by atoms with E-state index in [-0.39, 0.29) is 0 Å². The maximum atomic E-state index is 5.62. The number of ether oxygens (including phenoxy) is 2. The highest BCUT2D eigenvalue weighted by atomic mass is 32.1. The van der Waals surface area contributed by atoms with E-state index in [1.807, 2.05) is 12.1 Å². The molecule has 0 atom stereocenters. The summed E-state index contributed by atoms with van der Waals surface area (Å²) in [6, 6.07) is 6.56. The molecule has 1 aromatic rings. The van der Waals surface area contributed by atoms with Gasteiger partial charge in [-0.2, -0.15) is 0 Å². The van der Waals surface area contributed by atoms with Crippen LogP contribution >= 0.6 is 12.2 Å². The Morgan fingerprint density at radius 3 is 2.48 bits per heavy atom. The molecule has 2 rings (SSSR count). The lowest BCUT2D eigenvalue weighted by Crippen LogP contribution is -2.44. The van der Waals surface area contributed by atoms with Gasteiger partial charge in [0.1, 0.15) is 0 Å². The number of rotatable bonds is 6. The number of thiocarbonyl (C=S) groups is 1. The first-order valence-electron chi connectivity index (χ1n) is 8.44. The van der Waals surface area contributed by atoms with E-state index in [9.17, 15) is 0 Å². The third kappa shape index (κ3) is 4.99. The highest BCUT2D eigenvalue weighted by Crippen LogP contribution is 2.28. The van der Waals surface area contributed by atoms with E-state index in [4.69, 9.17) is 21.7 Å². The zero-order chi connectivity index (χ0) is 16.7. The quantitative estimate of drug-likeness (QED) is 0.801. The molecule has 0 spiro atoms. The third-order valence-electron chi connectivity index (χ3n) is 4.42. The van der Waals surface area contributed by atoms with E-state index in [2.05, 4.69) is 23.2 Å². The Morgan fingerprint density at radius 1 is 1.17 bits per heavy atom. The predicted octanol–water partition coefficient (Wildman–Crippen LogP) is 3.73. The number of hydrogen-bond donors (Lipinski definition) is 1. The first kappa shape index (κ1) is 17.9. The number of methoxy groups -OCH3 is 2. The van der Waals surface area contributed by atoms with Gasteiger partial charge in [-0.05, 0) is 49.7 Å². The number of nitrogens with one attached hydrogen (secondary N) is 1. The molecule has 1 aromatic carbocycles. The average molecular weight is 337 g/mol. The van der Waals surface area contributed by atoms with Gasteiger partial charge in [-0.25, -0.2) is 0 Å². The molecule has 1 aliphatic rings. The second-order valence-electron chi connectivity index (χ2n) is 5.99. The van der Waals surface area contributed by atoms with Crippen LogP contribution in [-0.4, -0.2) is 36.8 Å². The summed E-state index contributed by atoms with van der Waals surface area (Å²) in [5.74, 6) is 1.51. The van der Waals surface area contributed by atoms with Gasteiger partial charge in [0.25, 0.3) is 0 Å². The van der Waals surface area contributed by atoms with Gasteiger partial charge >= 0.3 is 0 Å². The standard InChI is InChI=1S/C18H28N2O2S/c1-4-20(18(23)19-15-8-6-5-7-9-15)13-14-10-11-16(21-2)17(12-14)22-3/h10-12,15H,4-9,13H2,1-3H3,(H,19,23). The molecule has 23 heavy (non-hydrogen) atoms. The van der Waals surface area contributed by atoms with E-state index in [1.165, 1.54) is 32.1 Å². The SMILES string of the molecule is CCN(Cc1ccc(OC)c(OC)c1)C(=S)NC1CCCCC1. The normalized spacial score (nSPS) is 15.1. The van der Waals surface area contributed by atoms with Crippen LogP contribution in [0, 0.1) is 0 Å². The van der Waals surface area contributed by atoms with E-state index in [1.54, 1.807) is 14.2 Å². The topological polar surface area (TPSA) is 33.7 Å². The van der Waals surface area contributed by atoms with Crippen molar-refractivity contribution in [1.82, 2.24) is 10.2 Å². The Morgan fingerprint density at radius 2 is 1.87 bits per heavy atom. The molecule has 0 radical (unpaired) electrons. The minimum absolute atomic E-state index is 0.538. The van der Waals surface area contributed by atoms with Crippen LogP contribution in [-0.2, 0) is 6.54 Å². The van der Waals surface area contributed by atoms with Crippen LogP contribution < -0.4 is 14.8 Å². The van der Waals surface area contributed by atoms with E-state index < -0.39 is 0 Å². The zero-order valence-corrected chi connectivity index (χ0v) is 15.2. The molecule has 128 valence electrons. The Kier molecular flexibility index (Phi) is 6.96. The van der Waals surface area contributed by atoms with Crippen LogP contribution in [0.2, 0.25) is 0 Å². The van der Waals surface area contributed by atoms with Gasteiger partial charge in [-0.3, -0.25) is 0 Å². The van der Waals surface area contributed by atoms with Crippen LogP contribution in [0.4, 0.5) is 0 Å². The van der Waals surface area contributed by atoms with Crippen molar-refractivity contribution in [2.75, 3.05) is 20.8 Å². The highest BCUT2D eigenvalue weighted by molar-refractivity contribution is 7.80.